The van der Waals surface area contributed by atoms with E-state index in [0.29, 0.717) is 6.07 Å². The average Bonchev–Trinajstić information content (AvgIpc) is 2.66. The first-order valence-electron chi connectivity index (χ1n) is 5.72. The van der Waals surface area contributed by atoms with Crippen molar-refractivity contribution in [3.05, 3.63) is 44.3 Å². The Morgan fingerprint density at radius 1 is 1.36 bits per heavy atom. The molecule has 0 saturated heterocycles. The summed E-state index contributed by atoms with van der Waals surface area (Å²) in [5.74, 6) is -0.344. The summed E-state index contributed by atoms with van der Waals surface area (Å²) in [4.78, 5) is 9.93. The van der Waals surface area contributed by atoms with Crippen molar-refractivity contribution in [2.45, 2.75) is 12.2 Å². The number of nitrogens with zero attached hydrogens (tertiary/aromatic N) is 1. The molecule has 22 heavy (non-hydrogen) atoms. The number of sulfone groups is 1. The quantitative estimate of drug-likeness (QED) is 0.664. The van der Waals surface area contributed by atoms with Crippen LogP contribution in [0.2, 0.25) is 5.02 Å². The Labute approximate surface area is 127 Å². The van der Waals surface area contributed by atoms with Gasteiger partial charge >= 0.3 is 6.18 Å². The number of halogens is 4. The number of anilines is 1. The lowest BCUT2D eigenvalue weighted by molar-refractivity contribution is -0.384. The van der Waals surface area contributed by atoms with Crippen LogP contribution in [0.3, 0.4) is 0 Å². The molecule has 0 spiro atoms. The van der Waals surface area contributed by atoms with Gasteiger partial charge in [-0.05, 0) is 6.07 Å². The van der Waals surface area contributed by atoms with E-state index in [1.54, 1.807) is 0 Å². The molecule has 1 aromatic carbocycles. The van der Waals surface area contributed by atoms with Crippen LogP contribution in [0.25, 0.3) is 0 Å². The summed E-state index contributed by atoms with van der Waals surface area (Å²) in [6.07, 6.45) is -3.58. The minimum Gasteiger partial charge on any atom is -0.372 e. The highest BCUT2D eigenvalue weighted by Crippen LogP contribution is 2.40. The molecule has 0 fully saturated rings. The maximum Gasteiger partial charge on any atom is 0.418 e. The van der Waals surface area contributed by atoms with Gasteiger partial charge in [-0.25, -0.2) is 8.42 Å². The zero-order valence-electron chi connectivity index (χ0n) is 10.6. The smallest absolute Gasteiger partial charge is 0.372 e. The number of alkyl halides is 3. The normalized spacial score (nSPS) is 20.1. The summed E-state index contributed by atoms with van der Waals surface area (Å²) < 4.78 is 60.7. The van der Waals surface area contributed by atoms with Crippen LogP contribution in [0, 0.1) is 10.1 Å². The lowest BCUT2D eigenvalue weighted by Crippen LogP contribution is -2.21. The number of nitrogens with one attached hydrogen (secondary N) is 1. The van der Waals surface area contributed by atoms with Crippen LogP contribution in [-0.2, 0) is 16.0 Å². The number of hydrogen-bond donors (Lipinski definition) is 1. The summed E-state index contributed by atoms with van der Waals surface area (Å²) in [7, 11) is -3.42. The molecule has 1 aromatic rings. The average molecular weight is 357 g/mol. The molecule has 120 valence electrons. The van der Waals surface area contributed by atoms with Gasteiger partial charge in [-0.15, -0.1) is 0 Å². The van der Waals surface area contributed by atoms with Crippen LogP contribution in [-0.4, -0.2) is 25.1 Å². The maximum atomic E-state index is 12.7. The van der Waals surface area contributed by atoms with Crippen LogP contribution in [0.5, 0.6) is 0 Å². The highest BCUT2D eigenvalue weighted by molar-refractivity contribution is 7.94. The molecule has 1 N–H and O–H groups in total. The second-order valence-electron chi connectivity index (χ2n) is 4.51. The lowest BCUT2D eigenvalue weighted by Gasteiger charge is -2.15. The summed E-state index contributed by atoms with van der Waals surface area (Å²) in [5.41, 5.74) is -2.45. The monoisotopic (exact) mass is 356 g/mol. The molecule has 2 rings (SSSR count). The predicted octanol–water partition coefficient (Wildman–Crippen LogP) is 2.99. The minimum absolute atomic E-state index is 0.283. The SMILES string of the molecule is O=[N+]([O-])c1cc(C(F)(F)F)c(Cl)cc1NC1C=CS(=O)(=O)C1. The molecule has 1 unspecified atom stereocenters. The number of rotatable bonds is 3. The zero-order chi connectivity index (χ0) is 16.7. The van der Waals surface area contributed by atoms with E-state index in [0.717, 1.165) is 11.5 Å². The molecule has 0 radical (unpaired) electrons. The first kappa shape index (κ1) is 16.6. The fraction of sp³-hybridized carbons (Fsp3) is 0.273. The molecule has 1 aliphatic heterocycles. The van der Waals surface area contributed by atoms with Crippen molar-refractivity contribution in [1.29, 1.82) is 0 Å². The van der Waals surface area contributed by atoms with Gasteiger partial charge in [0.15, 0.2) is 9.84 Å². The van der Waals surface area contributed by atoms with E-state index in [1.807, 2.05) is 0 Å². The summed E-state index contributed by atoms with van der Waals surface area (Å²) in [5, 5.41) is 13.7. The molecular weight excluding hydrogens is 349 g/mol. The Morgan fingerprint density at radius 3 is 2.45 bits per heavy atom. The van der Waals surface area contributed by atoms with Gasteiger partial charge in [-0.3, -0.25) is 10.1 Å². The van der Waals surface area contributed by atoms with Crippen molar-refractivity contribution < 1.29 is 26.5 Å². The highest BCUT2D eigenvalue weighted by Gasteiger charge is 2.36. The van der Waals surface area contributed by atoms with Crippen molar-refractivity contribution in [3.63, 3.8) is 0 Å². The second kappa shape index (κ2) is 5.43. The summed E-state index contributed by atoms with van der Waals surface area (Å²) >= 11 is 5.51. The highest BCUT2D eigenvalue weighted by atomic mass is 35.5. The molecule has 0 aromatic heterocycles. The molecule has 0 amide bonds. The number of hydrogen-bond acceptors (Lipinski definition) is 5. The van der Waals surface area contributed by atoms with Gasteiger partial charge in [0.25, 0.3) is 5.69 Å². The minimum atomic E-state index is -4.84. The third-order valence-electron chi connectivity index (χ3n) is 2.86. The predicted molar refractivity (Wildman–Crippen MR) is 73.4 cm³/mol. The van der Waals surface area contributed by atoms with Gasteiger partial charge in [0.05, 0.1) is 27.3 Å². The third-order valence-corrected chi connectivity index (χ3v) is 4.57. The van der Waals surface area contributed by atoms with Crippen LogP contribution in [0.1, 0.15) is 5.56 Å². The van der Waals surface area contributed by atoms with Gasteiger partial charge in [0.1, 0.15) is 5.69 Å². The fourth-order valence-corrected chi connectivity index (χ4v) is 3.42. The third kappa shape index (κ3) is 3.50. The van der Waals surface area contributed by atoms with E-state index in [9.17, 15) is 31.7 Å². The molecule has 1 heterocycles. The van der Waals surface area contributed by atoms with Crippen molar-refractivity contribution in [2.24, 2.45) is 0 Å². The van der Waals surface area contributed by atoms with Gasteiger partial charge in [-0.2, -0.15) is 13.2 Å². The fourth-order valence-electron chi connectivity index (χ4n) is 1.91. The Morgan fingerprint density at radius 2 is 2.00 bits per heavy atom. The Hall–Kier alpha value is -1.81. The molecule has 1 aliphatic rings. The topological polar surface area (TPSA) is 89.3 Å². The van der Waals surface area contributed by atoms with E-state index in [2.05, 4.69) is 5.32 Å². The van der Waals surface area contributed by atoms with E-state index < -0.39 is 43.3 Å². The molecular formula is C11H8ClF3N2O4S. The van der Waals surface area contributed by atoms with Gasteiger partial charge in [0, 0.05) is 11.5 Å². The van der Waals surface area contributed by atoms with Gasteiger partial charge in [-0.1, -0.05) is 17.7 Å². The first-order valence-corrected chi connectivity index (χ1v) is 7.81. The number of nitro benzene ring substituents is 1. The molecule has 6 nitrogen and oxygen atoms in total. The Balaban J connectivity index is 2.42. The molecule has 1 atom stereocenters. The van der Waals surface area contributed by atoms with Crippen LogP contribution in [0.4, 0.5) is 24.5 Å². The van der Waals surface area contributed by atoms with Crippen molar-refractivity contribution in [1.82, 2.24) is 0 Å². The second-order valence-corrected chi connectivity index (χ2v) is 6.85. The largest absolute Gasteiger partial charge is 0.418 e. The standard InChI is InChI=1S/C11H8ClF3N2O4S/c12-8-4-9(16-6-1-2-22(20,21)5-6)10(17(18)19)3-7(8)11(13,14)15/h1-4,6,16H,5H2. The Bertz CT molecular complexity index is 761. The van der Waals surface area contributed by atoms with Crippen LogP contribution in [0.15, 0.2) is 23.6 Å². The van der Waals surface area contributed by atoms with E-state index in [4.69, 9.17) is 11.6 Å². The van der Waals surface area contributed by atoms with Crippen molar-refractivity contribution >= 4 is 32.8 Å². The molecule has 0 aliphatic carbocycles. The Kier molecular flexibility index (Phi) is 4.09. The van der Waals surface area contributed by atoms with Gasteiger partial charge < -0.3 is 5.32 Å². The number of benzene rings is 1. The van der Waals surface area contributed by atoms with E-state index in [1.165, 1.54) is 6.08 Å². The summed E-state index contributed by atoms with van der Waals surface area (Å²) in [6.45, 7) is 0. The van der Waals surface area contributed by atoms with Gasteiger partial charge in [0.2, 0.25) is 0 Å². The van der Waals surface area contributed by atoms with Crippen LogP contribution >= 0.6 is 11.6 Å². The van der Waals surface area contributed by atoms with Crippen molar-refractivity contribution in [3.8, 4) is 0 Å². The van der Waals surface area contributed by atoms with Crippen LogP contribution < -0.4 is 5.32 Å². The number of nitro groups is 1. The lowest BCUT2D eigenvalue weighted by atomic mass is 10.1. The zero-order valence-corrected chi connectivity index (χ0v) is 12.2. The molecule has 0 bridgehead atoms. The van der Waals surface area contributed by atoms with E-state index >= 15 is 0 Å². The molecule has 0 saturated carbocycles. The first-order chi connectivity index (χ1) is 9.99. The van der Waals surface area contributed by atoms with Crippen molar-refractivity contribution in [2.75, 3.05) is 11.1 Å². The summed E-state index contributed by atoms with van der Waals surface area (Å²) in [6, 6.07) is 0.301. The molecule has 11 heteroatoms. The van der Waals surface area contributed by atoms with E-state index in [-0.39, 0.29) is 11.4 Å². The maximum absolute atomic E-state index is 12.7.